The van der Waals surface area contributed by atoms with E-state index in [0.717, 1.165) is 51.6 Å². The van der Waals surface area contributed by atoms with Gasteiger partial charge in [0.25, 0.3) is 0 Å². The van der Waals surface area contributed by atoms with Crippen LogP contribution in [0.5, 0.6) is 0 Å². The van der Waals surface area contributed by atoms with Gasteiger partial charge in [-0.2, -0.15) is 0 Å². The van der Waals surface area contributed by atoms with Crippen molar-refractivity contribution in [2.45, 2.75) is 93.0 Å². The van der Waals surface area contributed by atoms with Crippen LogP contribution >= 0.6 is 0 Å². The number of amides is 1. The third-order valence-corrected chi connectivity index (χ3v) is 4.72. The lowest BCUT2D eigenvalue weighted by Gasteiger charge is -2.46. The summed E-state index contributed by atoms with van der Waals surface area (Å²) in [6, 6.07) is 0.273. The maximum absolute atomic E-state index is 12.6. The van der Waals surface area contributed by atoms with Crippen LogP contribution in [0.25, 0.3) is 0 Å². The molecular formula is C20H42N2O. The summed E-state index contributed by atoms with van der Waals surface area (Å²) in [5.74, 6) is 1.11. The van der Waals surface area contributed by atoms with Crippen molar-refractivity contribution in [2.24, 2.45) is 23.0 Å². The Kier molecular flexibility index (Phi) is 10.8. The van der Waals surface area contributed by atoms with Gasteiger partial charge in [0.05, 0.1) is 5.41 Å². The van der Waals surface area contributed by atoms with Gasteiger partial charge in [0.15, 0.2) is 0 Å². The standard InChI is InChI=1S/C20H42N2O/c1-8-11-18(22(14-16(4)5)15-17(6)7)20(12-9-2,13-10-3)19(21)23/h16-18H,8-15H2,1-7H3,(H2,21,23). The molecule has 0 aromatic rings. The summed E-state index contributed by atoms with van der Waals surface area (Å²) >= 11 is 0. The van der Waals surface area contributed by atoms with Crippen molar-refractivity contribution < 1.29 is 4.79 Å². The first-order valence-electron chi connectivity index (χ1n) is 9.78. The molecule has 3 nitrogen and oxygen atoms in total. The molecule has 138 valence electrons. The minimum absolute atomic E-state index is 0.0860. The molecule has 23 heavy (non-hydrogen) atoms. The Bertz CT molecular complexity index is 310. The van der Waals surface area contributed by atoms with Crippen LogP contribution in [-0.4, -0.2) is 29.9 Å². The van der Waals surface area contributed by atoms with Crippen molar-refractivity contribution in [3.05, 3.63) is 0 Å². The van der Waals surface area contributed by atoms with Crippen molar-refractivity contribution in [1.29, 1.82) is 0 Å². The van der Waals surface area contributed by atoms with E-state index in [2.05, 4.69) is 53.4 Å². The minimum atomic E-state index is -0.372. The van der Waals surface area contributed by atoms with E-state index in [1.54, 1.807) is 0 Å². The van der Waals surface area contributed by atoms with Gasteiger partial charge >= 0.3 is 0 Å². The van der Waals surface area contributed by atoms with Crippen LogP contribution in [0.1, 0.15) is 87.0 Å². The fourth-order valence-electron chi connectivity index (χ4n) is 4.11. The normalized spacial score (nSPS) is 14.0. The fraction of sp³-hybridized carbons (Fsp3) is 0.950. The molecule has 0 spiro atoms. The average molecular weight is 327 g/mol. The first-order valence-corrected chi connectivity index (χ1v) is 9.78. The second-order valence-corrected chi connectivity index (χ2v) is 8.07. The molecule has 0 saturated carbocycles. The number of rotatable bonds is 13. The lowest BCUT2D eigenvalue weighted by Crippen LogP contribution is -2.56. The molecule has 0 rings (SSSR count). The third kappa shape index (κ3) is 6.82. The summed E-state index contributed by atoms with van der Waals surface area (Å²) in [6.45, 7) is 17.7. The van der Waals surface area contributed by atoms with Crippen LogP contribution in [-0.2, 0) is 4.79 Å². The highest BCUT2D eigenvalue weighted by Gasteiger charge is 2.45. The highest BCUT2D eigenvalue weighted by molar-refractivity contribution is 5.81. The Morgan fingerprint density at radius 1 is 0.913 bits per heavy atom. The largest absolute Gasteiger partial charge is 0.369 e. The molecule has 0 saturated heterocycles. The smallest absolute Gasteiger partial charge is 0.225 e. The number of nitrogens with zero attached hydrogens (tertiary/aromatic N) is 1. The highest BCUT2D eigenvalue weighted by Crippen LogP contribution is 2.39. The van der Waals surface area contributed by atoms with E-state index >= 15 is 0 Å². The quantitative estimate of drug-likeness (QED) is 0.526. The average Bonchev–Trinajstić information content (AvgIpc) is 2.42. The molecule has 0 radical (unpaired) electrons. The first kappa shape index (κ1) is 22.4. The van der Waals surface area contributed by atoms with Crippen molar-refractivity contribution in [3.8, 4) is 0 Å². The van der Waals surface area contributed by atoms with E-state index in [1.807, 2.05) is 0 Å². The molecular weight excluding hydrogens is 284 g/mol. The van der Waals surface area contributed by atoms with E-state index < -0.39 is 0 Å². The Hall–Kier alpha value is -0.570. The summed E-state index contributed by atoms with van der Waals surface area (Å²) in [7, 11) is 0. The molecule has 0 aromatic carbocycles. The Morgan fingerprint density at radius 3 is 1.61 bits per heavy atom. The fourth-order valence-corrected chi connectivity index (χ4v) is 4.11. The molecule has 3 heteroatoms. The van der Waals surface area contributed by atoms with Crippen LogP contribution in [0.3, 0.4) is 0 Å². The van der Waals surface area contributed by atoms with Crippen molar-refractivity contribution in [2.75, 3.05) is 13.1 Å². The van der Waals surface area contributed by atoms with Gasteiger partial charge in [-0.25, -0.2) is 0 Å². The van der Waals surface area contributed by atoms with E-state index in [4.69, 9.17) is 5.73 Å². The zero-order chi connectivity index (χ0) is 18.0. The van der Waals surface area contributed by atoms with Crippen molar-refractivity contribution >= 4 is 5.91 Å². The van der Waals surface area contributed by atoms with E-state index in [9.17, 15) is 4.79 Å². The van der Waals surface area contributed by atoms with E-state index in [0.29, 0.717) is 11.8 Å². The van der Waals surface area contributed by atoms with Gasteiger partial charge in [0.1, 0.15) is 0 Å². The molecule has 0 aliphatic rings. The Labute approximate surface area is 145 Å². The topological polar surface area (TPSA) is 46.3 Å². The van der Waals surface area contributed by atoms with Gasteiger partial charge in [-0.3, -0.25) is 9.69 Å². The minimum Gasteiger partial charge on any atom is -0.369 e. The Balaban J connectivity index is 5.80. The van der Waals surface area contributed by atoms with Crippen LogP contribution in [0.4, 0.5) is 0 Å². The SMILES string of the molecule is CCCC(N(CC(C)C)CC(C)C)C(CCC)(CCC)C(N)=O. The van der Waals surface area contributed by atoms with Gasteiger partial charge in [-0.05, 0) is 31.1 Å². The summed E-state index contributed by atoms with van der Waals surface area (Å²) in [6.07, 6.45) is 6.00. The summed E-state index contributed by atoms with van der Waals surface area (Å²) < 4.78 is 0. The molecule has 1 amide bonds. The number of nitrogens with two attached hydrogens (primary N) is 1. The van der Waals surface area contributed by atoms with Crippen molar-refractivity contribution in [3.63, 3.8) is 0 Å². The van der Waals surface area contributed by atoms with Crippen LogP contribution in [0, 0.1) is 17.3 Å². The van der Waals surface area contributed by atoms with E-state index in [1.165, 1.54) is 0 Å². The monoisotopic (exact) mass is 326 g/mol. The lowest BCUT2D eigenvalue weighted by atomic mass is 9.70. The second kappa shape index (κ2) is 11.1. The van der Waals surface area contributed by atoms with Gasteiger partial charge in [-0.1, -0.05) is 67.7 Å². The lowest BCUT2D eigenvalue weighted by molar-refractivity contribution is -0.134. The van der Waals surface area contributed by atoms with Gasteiger partial charge in [0.2, 0.25) is 5.91 Å². The molecule has 0 heterocycles. The number of carbonyl (C=O) groups excluding carboxylic acids is 1. The second-order valence-electron chi connectivity index (χ2n) is 8.07. The highest BCUT2D eigenvalue weighted by atomic mass is 16.1. The summed E-state index contributed by atoms with van der Waals surface area (Å²) in [5, 5.41) is 0. The summed E-state index contributed by atoms with van der Waals surface area (Å²) in [4.78, 5) is 15.2. The zero-order valence-corrected chi connectivity index (χ0v) is 16.8. The number of primary amides is 1. The molecule has 0 aliphatic heterocycles. The van der Waals surface area contributed by atoms with Crippen LogP contribution < -0.4 is 5.73 Å². The van der Waals surface area contributed by atoms with Gasteiger partial charge in [0, 0.05) is 19.1 Å². The van der Waals surface area contributed by atoms with E-state index in [-0.39, 0.29) is 17.4 Å². The Morgan fingerprint density at radius 2 is 1.35 bits per heavy atom. The first-order chi connectivity index (χ1) is 10.7. The third-order valence-electron chi connectivity index (χ3n) is 4.72. The maximum atomic E-state index is 12.6. The van der Waals surface area contributed by atoms with Crippen molar-refractivity contribution in [1.82, 2.24) is 4.90 Å². The molecule has 1 atom stereocenters. The molecule has 2 N–H and O–H groups in total. The number of carbonyl (C=O) groups is 1. The molecule has 0 fully saturated rings. The van der Waals surface area contributed by atoms with Gasteiger partial charge < -0.3 is 5.73 Å². The molecule has 0 aliphatic carbocycles. The van der Waals surface area contributed by atoms with Crippen LogP contribution in [0.2, 0.25) is 0 Å². The molecule has 1 unspecified atom stereocenters. The van der Waals surface area contributed by atoms with Gasteiger partial charge in [-0.15, -0.1) is 0 Å². The number of hydrogen-bond donors (Lipinski definition) is 1. The maximum Gasteiger partial charge on any atom is 0.225 e. The summed E-state index contributed by atoms with van der Waals surface area (Å²) in [5.41, 5.74) is 5.64. The predicted molar refractivity (Wildman–Crippen MR) is 101 cm³/mol. The molecule has 0 aromatic heterocycles. The zero-order valence-electron chi connectivity index (χ0n) is 16.8. The van der Waals surface area contributed by atoms with Crippen LogP contribution in [0.15, 0.2) is 0 Å². The molecule has 0 bridgehead atoms. The number of hydrogen-bond acceptors (Lipinski definition) is 2. The predicted octanol–water partition coefficient (Wildman–Crippen LogP) is 4.84.